The predicted octanol–water partition coefficient (Wildman–Crippen LogP) is 0.403. The molecule has 0 bridgehead atoms. The number of hydrogen-bond donors (Lipinski definition) is 1. The molecule has 3 rings (SSSR count). The van der Waals surface area contributed by atoms with E-state index in [-0.39, 0.29) is 11.8 Å². The number of benzene rings is 1. The molecule has 1 aliphatic heterocycles. The summed E-state index contributed by atoms with van der Waals surface area (Å²) in [5.74, 6) is -0.153. The first-order valence-corrected chi connectivity index (χ1v) is 6.75. The topological polar surface area (TPSA) is 82.2 Å². The van der Waals surface area contributed by atoms with Gasteiger partial charge in [0.2, 0.25) is 0 Å². The maximum atomic E-state index is 12.3. The van der Waals surface area contributed by atoms with E-state index >= 15 is 0 Å². The molecule has 1 aromatic heterocycles. The summed E-state index contributed by atoms with van der Waals surface area (Å²) in [5, 5.41) is 9.84. The van der Waals surface area contributed by atoms with Crippen LogP contribution in [0, 0.1) is 0 Å². The number of aromatic amines is 1. The van der Waals surface area contributed by atoms with Crippen LogP contribution < -0.4 is 0 Å². The Hall–Kier alpha value is -2.70. The van der Waals surface area contributed by atoms with Crippen LogP contribution in [0.25, 0.3) is 0 Å². The van der Waals surface area contributed by atoms with Crippen LogP contribution in [0.2, 0.25) is 0 Å². The number of carbonyl (C=O) groups excluding carboxylic acids is 2. The van der Waals surface area contributed by atoms with Crippen molar-refractivity contribution < 1.29 is 9.59 Å². The average molecular weight is 285 g/mol. The first kappa shape index (κ1) is 13.3. The van der Waals surface area contributed by atoms with Gasteiger partial charge < -0.3 is 9.80 Å². The molecular formula is C14H15N5O2. The van der Waals surface area contributed by atoms with Gasteiger partial charge in [-0.3, -0.25) is 9.59 Å². The number of hydrogen-bond acceptors (Lipinski definition) is 4. The number of carbonyl (C=O) groups is 2. The van der Waals surface area contributed by atoms with Crippen LogP contribution in [0.3, 0.4) is 0 Å². The van der Waals surface area contributed by atoms with Gasteiger partial charge in [-0.25, -0.2) is 0 Å². The van der Waals surface area contributed by atoms with Gasteiger partial charge in [0.05, 0.1) is 6.20 Å². The predicted molar refractivity (Wildman–Crippen MR) is 74.6 cm³/mol. The van der Waals surface area contributed by atoms with Crippen molar-refractivity contribution in [1.29, 1.82) is 0 Å². The Morgan fingerprint density at radius 2 is 1.57 bits per heavy atom. The molecule has 0 radical (unpaired) electrons. The molecule has 0 unspecified atom stereocenters. The maximum Gasteiger partial charge on any atom is 0.276 e. The first-order chi connectivity index (χ1) is 10.3. The van der Waals surface area contributed by atoms with E-state index in [4.69, 9.17) is 0 Å². The molecular weight excluding hydrogens is 270 g/mol. The zero-order valence-corrected chi connectivity index (χ0v) is 11.4. The molecule has 1 fully saturated rings. The summed E-state index contributed by atoms with van der Waals surface area (Å²) >= 11 is 0. The van der Waals surface area contributed by atoms with Gasteiger partial charge >= 0.3 is 0 Å². The van der Waals surface area contributed by atoms with Crippen LogP contribution in [0.4, 0.5) is 0 Å². The highest BCUT2D eigenvalue weighted by Crippen LogP contribution is 2.10. The normalized spacial score (nSPS) is 15.0. The maximum absolute atomic E-state index is 12.3. The molecule has 108 valence electrons. The molecule has 2 amide bonds. The molecule has 0 atom stereocenters. The van der Waals surface area contributed by atoms with Gasteiger partial charge in [-0.05, 0) is 12.1 Å². The highest BCUT2D eigenvalue weighted by atomic mass is 16.2. The van der Waals surface area contributed by atoms with Crippen molar-refractivity contribution >= 4 is 11.8 Å². The lowest BCUT2D eigenvalue weighted by Crippen LogP contribution is -2.50. The van der Waals surface area contributed by atoms with Gasteiger partial charge in [0, 0.05) is 31.7 Å². The van der Waals surface area contributed by atoms with Crippen LogP contribution in [-0.2, 0) is 0 Å². The summed E-state index contributed by atoms with van der Waals surface area (Å²) in [6.45, 7) is 2.06. The van der Waals surface area contributed by atoms with Crippen molar-refractivity contribution in [3.63, 3.8) is 0 Å². The zero-order valence-electron chi connectivity index (χ0n) is 11.4. The molecule has 1 aliphatic rings. The summed E-state index contributed by atoms with van der Waals surface area (Å²) in [5.41, 5.74) is 0.978. The molecule has 7 nitrogen and oxygen atoms in total. The second-order valence-electron chi connectivity index (χ2n) is 4.81. The molecule has 0 spiro atoms. The Morgan fingerprint density at radius 3 is 2.14 bits per heavy atom. The van der Waals surface area contributed by atoms with Crippen molar-refractivity contribution in [2.45, 2.75) is 0 Å². The lowest BCUT2D eigenvalue weighted by atomic mass is 10.2. The standard InChI is InChI=1S/C14H15N5O2/c20-13(11-4-2-1-3-5-11)18-6-8-19(9-7-18)14(21)12-10-15-17-16-12/h1-5,10H,6-9H2,(H,15,16,17). The fraction of sp³-hybridized carbons (Fsp3) is 0.286. The SMILES string of the molecule is O=C(c1ccccc1)N1CCN(C(=O)c2cn[nH]n2)CC1. The molecule has 21 heavy (non-hydrogen) atoms. The first-order valence-electron chi connectivity index (χ1n) is 6.75. The quantitative estimate of drug-likeness (QED) is 0.866. The van der Waals surface area contributed by atoms with E-state index in [0.717, 1.165) is 0 Å². The van der Waals surface area contributed by atoms with Crippen LogP contribution in [0.15, 0.2) is 36.5 Å². The number of H-pyrrole nitrogens is 1. The van der Waals surface area contributed by atoms with Crippen molar-refractivity contribution in [1.82, 2.24) is 25.2 Å². The minimum atomic E-state index is -0.157. The lowest BCUT2D eigenvalue weighted by Gasteiger charge is -2.34. The monoisotopic (exact) mass is 285 g/mol. The highest BCUT2D eigenvalue weighted by molar-refractivity contribution is 5.95. The third-order valence-electron chi connectivity index (χ3n) is 3.51. The highest BCUT2D eigenvalue weighted by Gasteiger charge is 2.26. The fourth-order valence-electron chi connectivity index (χ4n) is 2.34. The summed E-state index contributed by atoms with van der Waals surface area (Å²) in [6, 6.07) is 9.17. The second kappa shape index (κ2) is 5.74. The molecule has 7 heteroatoms. The molecule has 2 heterocycles. The molecule has 1 saturated heterocycles. The van der Waals surface area contributed by atoms with Crippen molar-refractivity contribution in [3.8, 4) is 0 Å². The van der Waals surface area contributed by atoms with Crippen LogP contribution in [0.5, 0.6) is 0 Å². The molecule has 2 aromatic rings. The smallest absolute Gasteiger partial charge is 0.276 e. The van der Waals surface area contributed by atoms with Gasteiger partial charge in [0.25, 0.3) is 11.8 Å². The summed E-state index contributed by atoms with van der Waals surface area (Å²) < 4.78 is 0. The number of nitrogens with one attached hydrogen (secondary N) is 1. The fourth-order valence-corrected chi connectivity index (χ4v) is 2.34. The number of amides is 2. The minimum absolute atomic E-state index is 0.00383. The van der Waals surface area contributed by atoms with E-state index in [1.54, 1.807) is 21.9 Å². The third-order valence-corrected chi connectivity index (χ3v) is 3.51. The Kier molecular flexibility index (Phi) is 3.63. The zero-order chi connectivity index (χ0) is 14.7. The largest absolute Gasteiger partial charge is 0.335 e. The van der Waals surface area contributed by atoms with Crippen molar-refractivity contribution in [3.05, 3.63) is 47.8 Å². The van der Waals surface area contributed by atoms with Crippen LogP contribution >= 0.6 is 0 Å². The third kappa shape index (κ3) is 2.76. The average Bonchev–Trinajstić information content (AvgIpc) is 3.09. The number of aromatic nitrogens is 3. The lowest BCUT2D eigenvalue weighted by molar-refractivity contribution is 0.0532. The summed E-state index contributed by atoms with van der Waals surface area (Å²) in [6.07, 6.45) is 1.41. The number of piperazine rings is 1. The molecule has 0 aliphatic carbocycles. The van der Waals surface area contributed by atoms with E-state index in [1.165, 1.54) is 6.20 Å². The number of rotatable bonds is 2. The van der Waals surface area contributed by atoms with Gasteiger partial charge in [-0.15, -0.1) is 0 Å². The Bertz CT molecular complexity index is 618. The van der Waals surface area contributed by atoms with E-state index in [1.807, 2.05) is 18.2 Å². The summed E-state index contributed by atoms with van der Waals surface area (Å²) in [4.78, 5) is 27.9. The Labute approximate surface area is 121 Å². The van der Waals surface area contributed by atoms with E-state index in [0.29, 0.717) is 37.4 Å². The van der Waals surface area contributed by atoms with Gasteiger partial charge in [0.1, 0.15) is 0 Å². The second-order valence-corrected chi connectivity index (χ2v) is 4.81. The van der Waals surface area contributed by atoms with E-state index in [2.05, 4.69) is 15.4 Å². The molecule has 1 aromatic carbocycles. The van der Waals surface area contributed by atoms with E-state index < -0.39 is 0 Å². The Balaban J connectivity index is 1.60. The Morgan fingerprint density at radius 1 is 0.952 bits per heavy atom. The molecule has 0 saturated carbocycles. The van der Waals surface area contributed by atoms with Gasteiger partial charge in [-0.1, -0.05) is 18.2 Å². The van der Waals surface area contributed by atoms with Crippen molar-refractivity contribution in [2.24, 2.45) is 0 Å². The van der Waals surface area contributed by atoms with Crippen LogP contribution in [-0.4, -0.2) is 63.2 Å². The van der Waals surface area contributed by atoms with Gasteiger partial charge in [0.15, 0.2) is 5.69 Å². The minimum Gasteiger partial charge on any atom is -0.335 e. The van der Waals surface area contributed by atoms with E-state index in [9.17, 15) is 9.59 Å². The summed E-state index contributed by atoms with van der Waals surface area (Å²) in [7, 11) is 0. The van der Waals surface area contributed by atoms with Crippen molar-refractivity contribution in [2.75, 3.05) is 26.2 Å². The van der Waals surface area contributed by atoms with Crippen LogP contribution in [0.1, 0.15) is 20.8 Å². The van der Waals surface area contributed by atoms with Gasteiger partial charge in [-0.2, -0.15) is 15.4 Å². The number of nitrogens with zero attached hydrogens (tertiary/aromatic N) is 4. The molecule has 1 N–H and O–H groups in total.